The molecule has 0 radical (unpaired) electrons. The van der Waals surface area contributed by atoms with E-state index < -0.39 is 10.0 Å². The van der Waals surface area contributed by atoms with E-state index in [1.165, 1.54) is 17.7 Å². The maximum Gasteiger partial charge on any atom is 0.238 e. The molecule has 0 aliphatic heterocycles. The zero-order chi connectivity index (χ0) is 17.7. The summed E-state index contributed by atoms with van der Waals surface area (Å²) in [7, 11) is -1.88. The van der Waals surface area contributed by atoms with Crippen LogP contribution in [0.1, 0.15) is 11.1 Å². The van der Waals surface area contributed by atoms with E-state index in [1.54, 1.807) is 23.9 Å². The zero-order valence-corrected chi connectivity index (χ0v) is 15.5. The number of hydrogen-bond donors (Lipinski definition) is 2. The van der Waals surface area contributed by atoms with E-state index >= 15 is 0 Å². The summed E-state index contributed by atoms with van der Waals surface area (Å²) in [6, 6.07) is 14.7. The Morgan fingerprint density at radius 1 is 1.12 bits per heavy atom. The fraction of sp³-hybridized carbons (Fsp3) is 0.176. The molecule has 5 nitrogen and oxygen atoms in total. The number of rotatable bonds is 6. The molecular weight excluding hydrogens is 342 g/mol. The van der Waals surface area contributed by atoms with Crippen LogP contribution in [0.3, 0.4) is 0 Å². The number of sulfonamides is 1. The topological polar surface area (TPSA) is 75.4 Å². The van der Waals surface area contributed by atoms with Gasteiger partial charge in [-0.1, -0.05) is 29.8 Å². The van der Waals surface area contributed by atoms with Crippen LogP contribution in [0.15, 0.2) is 58.8 Å². The van der Waals surface area contributed by atoms with Gasteiger partial charge in [0.05, 0.1) is 16.3 Å². The first-order valence-corrected chi connectivity index (χ1v) is 10.1. The average Bonchev–Trinajstić information content (AvgIpc) is 2.55. The maximum absolute atomic E-state index is 11.4. The minimum atomic E-state index is -3.70. The van der Waals surface area contributed by atoms with Gasteiger partial charge in [-0.15, -0.1) is 11.8 Å². The van der Waals surface area contributed by atoms with Crippen molar-refractivity contribution in [1.29, 1.82) is 0 Å². The van der Waals surface area contributed by atoms with Gasteiger partial charge in [0.1, 0.15) is 0 Å². The molecule has 0 bridgehead atoms. The first-order chi connectivity index (χ1) is 11.4. The molecule has 24 heavy (non-hydrogen) atoms. The Bertz CT molecular complexity index is 814. The minimum Gasteiger partial charge on any atom is -0.276 e. The lowest BCUT2D eigenvalue weighted by atomic mass is 10.1. The van der Waals surface area contributed by atoms with E-state index in [9.17, 15) is 8.42 Å². The number of hydrazine groups is 1. The van der Waals surface area contributed by atoms with Gasteiger partial charge in [-0.3, -0.25) is 5.01 Å². The van der Waals surface area contributed by atoms with Crippen molar-refractivity contribution < 1.29 is 8.42 Å². The molecule has 0 saturated carbocycles. The highest BCUT2D eigenvalue weighted by Crippen LogP contribution is 2.27. The van der Waals surface area contributed by atoms with Gasteiger partial charge in [0.2, 0.25) is 10.0 Å². The molecule has 2 rings (SSSR count). The van der Waals surface area contributed by atoms with Gasteiger partial charge in [0.25, 0.3) is 0 Å². The van der Waals surface area contributed by atoms with Gasteiger partial charge in [-0.2, -0.15) is 0 Å². The van der Waals surface area contributed by atoms with Crippen LogP contribution in [-0.4, -0.2) is 21.7 Å². The molecule has 2 aromatic rings. The van der Waals surface area contributed by atoms with E-state index in [0.29, 0.717) is 0 Å². The van der Waals surface area contributed by atoms with Crippen LogP contribution in [-0.2, 0) is 10.0 Å². The molecule has 0 spiro atoms. The number of hydrogen-bond acceptors (Lipinski definition) is 5. The Hall–Kier alpha value is -1.80. The molecule has 0 saturated heterocycles. The molecule has 7 heteroatoms. The lowest BCUT2D eigenvalue weighted by Gasteiger charge is -2.27. The average molecular weight is 364 g/mol. The molecule has 0 unspecified atom stereocenters. The Morgan fingerprint density at radius 3 is 2.17 bits per heavy atom. The van der Waals surface area contributed by atoms with Crippen LogP contribution < -0.4 is 15.6 Å². The van der Waals surface area contributed by atoms with Crippen molar-refractivity contribution in [2.24, 2.45) is 5.14 Å². The Balaban J connectivity index is 2.43. The summed E-state index contributed by atoms with van der Waals surface area (Å²) in [6.45, 7) is 2.05. The maximum atomic E-state index is 11.4. The SMILES string of the molecule is CNN(/C(=C\SC)c1ccc(C)cc1)c1ccc(S(N)(=O)=O)cc1. The number of nitrogens with two attached hydrogens (primary N) is 1. The molecule has 2 aromatic carbocycles. The summed E-state index contributed by atoms with van der Waals surface area (Å²) >= 11 is 1.59. The fourth-order valence-corrected chi connectivity index (χ4v) is 3.24. The molecule has 0 aliphatic rings. The third-order valence-electron chi connectivity index (χ3n) is 3.46. The summed E-state index contributed by atoms with van der Waals surface area (Å²) in [4.78, 5) is 0.0908. The smallest absolute Gasteiger partial charge is 0.238 e. The molecule has 0 atom stereocenters. The molecule has 0 heterocycles. The largest absolute Gasteiger partial charge is 0.276 e. The van der Waals surface area contributed by atoms with Gasteiger partial charge < -0.3 is 0 Å². The van der Waals surface area contributed by atoms with Crippen molar-refractivity contribution >= 4 is 33.2 Å². The summed E-state index contributed by atoms with van der Waals surface area (Å²) in [5.74, 6) is 0. The van der Waals surface area contributed by atoms with Gasteiger partial charge >= 0.3 is 0 Å². The number of anilines is 1. The molecular formula is C17H21N3O2S2. The fourth-order valence-electron chi connectivity index (χ4n) is 2.26. The molecule has 0 aromatic heterocycles. The van der Waals surface area contributed by atoms with E-state index in [4.69, 9.17) is 5.14 Å². The second-order valence-electron chi connectivity index (χ2n) is 5.20. The predicted molar refractivity (Wildman–Crippen MR) is 102 cm³/mol. The van der Waals surface area contributed by atoms with E-state index in [1.807, 2.05) is 30.6 Å². The second-order valence-corrected chi connectivity index (χ2v) is 7.47. The van der Waals surface area contributed by atoms with Crippen molar-refractivity contribution in [1.82, 2.24) is 5.43 Å². The highest BCUT2D eigenvalue weighted by molar-refractivity contribution is 8.01. The lowest BCUT2D eigenvalue weighted by molar-refractivity contribution is 0.598. The quantitative estimate of drug-likeness (QED) is 0.772. The Kier molecular flexibility index (Phi) is 6.06. The first kappa shape index (κ1) is 18.5. The lowest BCUT2D eigenvalue weighted by Crippen LogP contribution is -2.33. The van der Waals surface area contributed by atoms with Gasteiger partial charge in [0, 0.05) is 12.6 Å². The standard InChI is InChI=1S/C17H21N3O2S2/c1-13-4-6-14(7-5-13)17(12-23-3)20(19-2)15-8-10-16(11-9-15)24(18,21)22/h4-12,19H,1-3H3,(H2,18,21,22)/b17-12-. The number of nitrogens with zero attached hydrogens (tertiary/aromatic N) is 1. The molecule has 0 amide bonds. The number of thioether (sulfide) groups is 1. The van der Waals surface area contributed by atoms with Crippen molar-refractivity contribution in [3.8, 4) is 0 Å². The van der Waals surface area contributed by atoms with E-state index in [0.717, 1.165) is 16.9 Å². The number of aryl methyl sites for hydroxylation is 1. The minimum absolute atomic E-state index is 0.0908. The Morgan fingerprint density at radius 2 is 1.71 bits per heavy atom. The summed E-state index contributed by atoms with van der Waals surface area (Å²) in [5.41, 5.74) is 7.17. The van der Waals surface area contributed by atoms with Crippen molar-refractivity contribution in [2.75, 3.05) is 18.3 Å². The normalized spacial score (nSPS) is 12.2. The molecule has 128 valence electrons. The van der Waals surface area contributed by atoms with Gasteiger partial charge in [0.15, 0.2) is 0 Å². The number of primary sulfonamides is 1. The molecule has 0 aliphatic carbocycles. The summed E-state index contributed by atoms with van der Waals surface area (Å²) in [6.07, 6.45) is 1.99. The summed E-state index contributed by atoms with van der Waals surface area (Å²) < 4.78 is 22.8. The van der Waals surface area contributed by atoms with Crippen LogP contribution in [0.5, 0.6) is 0 Å². The van der Waals surface area contributed by atoms with Crippen LogP contribution in [0.25, 0.3) is 5.70 Å². The molecule has 3 N–H and O–H groups in total. The zero-order valence-electron chi connectivity index (χ0n) is 13.9. The van der Waals surface area contributed by atoms with Crippen molar-refractivity contribution in [3.63, 3.8) is 0 Å². The number of nitrogens with one attached hydrogen (secondary N) is 1. The van der Waals surface area contributed by atoms with Crippen LogP contribution in [0.4, 0.5) is 5.69 Å². The highest BCUT2D eigenvalue weighted by atomic mass is 32.2. The van der Waals surface area contributed by atoms with Gasteiger partial charge in [-0.05, 0) is 42.9 Å². The number of benzene rings is 2. The van der Waals surface area contributed by atoms with Crippen LogP contribution in [0, 0.1) is 6.92 Å². The third kappa shape index (κ3) is 4.39. The third-order valence-corrected chi connectivity index (χ3v) is 4.85. The predicted octanol–water partition coefficient (Wildman–Crippen LogP) is 2.94. The van der Waals surface area contributed by atoms with Crippen molar-refractivity contribution in [3.05, 3.63) is 65.1 Å². The first-order valence-electron chi connectivity index (χ1n) is 7.27. The van der Waals surface area contributed by atoms with Crippen molar-refractivity contribution in [2.45, 2.75) is 11.8 Å². The van der Waals surface area contributed by atoms with E-state index in [2.05, 4.69) is 29.7 Å². The molecule has 0 fully saturated rings. The van der Waals surface area contributed by atoms with Crippen LogP contribution in [0.2, 0.25) is 0 Å². The summed E-state index contributed by atoms with van der Waals surface area (Å²) in [5, 5.41) is 9.09. The second kappa shape index (κ2) is 7.85. The Labute approximate surface area is 147 Å². The highest BCUT2D eigenvalue weighted by Gasteiger charge is 2.14. The monoisotopic (exact) mass is 363 g/mol. The van der Waals surface area contributed by atoms with Crippen LogP contribution >= 0.6 is 11.8 Å². The van der Waals surface area contributed by atoms with E-state index in [-0.39, 0.29) is 4.90 Å². The van der Waals surface area contributed by atoms with Gasteiger partial charge in [-0.25, -0.2) is 19.0 Å².